The van der Waals surface area contributed by atoms with E-state index >= 15 is 0 Å². The van der Waals surface area contributed by atoms with Gasteiger partial charge in [0.05, 0.1) is 30.4 Å². The summed E-state index contributed by atoms with van der Waals surface area (Å²) in [6, 6.07) is 8.14. The first kappa shape index (κ1) is 21.1. The lowest BCUT2D eigenvalue weighted by Gasteiger charge is -2.49. The number of unbranched alkanes of at least 4 members (excludes halogenated alkanes) is 1. The van der Waals surface area contributed by atoms with E-state index in [9.17, 15) is 0 Å². The standard InChI is InChI=1S/C22H35NO2P2/c1-6-9-16-23(26(4)19(7-2)14-15-20(26)8-3)27(5,21-12-10-17-24-21)22-13-11-18-25-22/h10-13,17-20H,4-9,14-16H2,1-3H3/t19-,20-/m1/s1. The van der Waals surface area contributed by atoms with Crippen LogP contribution in [0.5, 0.6) is 0 Å². The Bertz CT molecular complexity index is 637. The van der Waals surface area contributed by atoms with Crippen molar-refractivity contribution < 1.29 is 8.83 Å². The van der Waals surface area contributed by atoms with Gasteiger partial charge in [-0.15, -0.1) is 11.1 Å². The molecule has 2 aromatic heterocycles. The van der Waals surface area contributed by atoms with Crippen molar-refractivity contribution in [1.29, 1.82) is 0 Å². The molecule has 0 radical (unpaired) electrons. The Balaban J connectivity index is 2.17. The van der Waals surface area contributed by atoms with Crippen LogP contribution in [-0.2, 0) is 0 Å². The molecule has 5 heteroatoms. The quantitative estimate of drug-likeness (QED) is 0.341. The lowest BCUT2D eigenvalue weighted by molar-refractivity contribution is 0.565. The maximum absolute atomic E-state index is 6.00. The zero-order valence-corrected chi connectivity index (χ0v) is 18.9. The normalized spacial score (nSPS) is 22.6. The Labute approximate surface area is 166 Å². The third-order valence-electron chi connectivity index (χ3n) is 6.32. The summed E-state index contributed by atoms with van der Waals surface area (Å²) in [5.41, 5.74) is 3.30. The number of nitrogens with zero attached hydrogens (tertiary/aromatic N) is 1. The van der Waals surface area contributed by atoms with Gasteiger partial charge in [-0.25, -0.2) is 0 Å². The molecule has 3 rings (SSSR count). The maximum atomic E-state index is 6.00. The van der Waals surface area contributed by atoms with Crippen LogP contribution in [0.15, 0.2) is 45.6 Å². The van der Waals surface area contributed by atoms with Crippen molar-refractivity contribution in [2.75, 3.05) is 6.54 Å². The molecule has 0 aliphatic carbocycles. The van der Waals surface area contributed by atoms with Gasteiger partial charge in [0.25, 0.3) is 0 Å². The third-order valence-corrected chi connectivity index (χ3v) is 16.0. The van der Waals surface area contributed by atoms with E-state index in [1.165, 1.54) is 32.1 Å². The smallest absolute Gasteiger partial charge is 0.245 e. The highest BCUT2D eigenvalue weighted by Crippen LogP contribution is 2.84. The van der Waals surface area contributed by atoms with E-state index in [0.717, 1.165) is 24.0 Å². The molecule has 1 aliphatic rings. The zero-order valence-electron chi connectivity index (χ0n) is 17.1. The van der Waals surface area contributed by atoms with Crippen LogP contribution >= 0.6 is 14.8 Å². The molecule has 3 nitrogen and oxygen atoms in total. The van der Waals surface area contributed by atoms with Gasteiger partial charge in [-0.05, 0) is 51.7 Å². The van der Waals surface area contributed by atoms with Crippen molar-refractivity contribution in [2.45, 2.75) is 70.6 Å². The van der Waals surface area contributed by atoms with Crippen molar-refractivity contribution in [3.05, 3.63) is 50.1 Å². The van der Waals surface area contributed by atoms with Crippen LogP contribution in [0.1, 0.15) is 59.3 Å². The number of rotatable bonds is 9. The zero-order chi connectivity index (χ0) is 19.5. The monoisotopic (exact) mass is 407 g/mol. The molecule has 0 saturated carbocycles. The summed E-state index contributed by atoms with van der Waals surface area (Å²) in [4.78, 5) is 0. The van der Waals surface area contributed by atoms with Gasteiger partial charge in [0, 0.05) is 12.1 Å². The van der Waals surface area contributed by atoms with Crippen LogP contribution in [0.4, 0.5) is 0 Å². The van der Waals surface area contributed by atoms with Crippen LogP contribution in [0, 0.1) is 13.3 Å². The molecule has 2 aromatic rings. The molecular weight excluding hydrogens is 372 g/mol. The van der Waals surface area contributed by atoms with Crippen molar-refractivity contribution in [2.24, 2.45) is 0 Å². The molecule has 1 saturated heterocycles. The van der Waals surface area contributed by atoms with E-state index in [1.807, 2.05) is 12.1 Å². The first-order valence-corrected chi connectivity index (χ1v) is 14.3. The van der Waals surface area contributed by atoms with Gasteiger partial charge in [0.15, 0.2) is 0 Å². The summed E-state index contributed by atoms with van der Waals surface area (Å²) in [6.45, 7) is 17.9. The average Bonchev–Trinajstić information content (AvgIpc) is 3.42. The van der Waals surface area contributed by atoms with E-state index < -0.39 is 14.8 Å². The van der Waals surface area contributed by atoms with E-state index in [2.05, 4.69) is 37.3 Å². The van der Waals surface area contributed by atoms with Gasteiger partial charge >= 0.3 is 0 Å². The van der Waals surface area contributed by atoms with Crippen molar-refractivity contribution in [1.82, 2.24) is 4.44 Å². The Morgan fingerprint density at radius 1 is 1.04 bits per heavy atom. The predicted octanol–water partition coefficient (Wildman–Crippen LogP) is 6.72. The minimum Gasteiger partial charge on any atom is -0.435 e. The fourth-order valence-electron chi connectivity index (χ4n) is 4.79. The predicted molar refractivity (Wildman–Crippen MR) is 120 cm³/mol. The van der Waals surface area contributed by atoms with Crippen molar-refractivity contribution in [3.8, 4) is 0 Å². The molecule has 0 amide bonds. The Hall–Kier alpha value is -0.620. The second-order valence-corrected chi connectivity index (χ2v) is 14.6. The third kappa shape index (κ3) is 3.57. The maximum Gasteiger partial charge on any atom is 0.245 e. The highest BCUT2D eigenvalue weighted by molar-refractivity contribution is 7.97. The van der Waals surface area contributed by atoms with Gasteiger partial charge in [-0.3, -0.25) is 0 Å². The van der Waals surface area contributed by atoms with Gasteiger partial charge in [0.1, 0.15) is 7.41 Å². The van der Waals surface area contributed by atoms with E-state index in [0.29, 0.717) is 11.3 Å². The summed E-state index contributed by atoms with van der Waals surface area (Å²) in [5.74, 6) is 0. The van der Waals surface area contributed by atoms with Crippen LogP contribution in [0.2, 0.25) is 0 Å². The molecule has 1 fully saturated rings. The molecule has 0 N–H and O–H groups in total. The molecule has 1 aliphatic heterocycles. The largest absolute Gasteiger partial charge is 0.435 e. The van der Waals surface area contributed by atoms with Crippen molar-refractivity contribution in [3.63, 3.8) is 0 Å². The van der Waals surface area contributed by atoms with Crippen LogP contribution in [0.3, 0.4) is 0 Å². The Morgan fingerprint density at radius 3 is 1.93 bits per heavy atom. The molecule has 0 bridgehead atoms. The molecular formula is C22H35NO2P2. The van der Waals surface area contributed by atoms with E-state index in [1.54, 1.807) is 12.5 Å². The Morgan fingerprint density at radius 2 is 1.56 bits per heavy atom. The Kier molecular flexibility index (Phi) is 6.88. The molecule has 27 heavy (non-hydrogen) atoms. The minimum absolute atomic E-state index is 0.686. The second-order valence-electron chi connectivity index (χ2n) is 7.71. The highest BCUT2D eigenvalue weighted by Gasteiger charge is 2.60. The highest BCUT2D eigenvalue weighted by atomic mass is 31.2. The number of hydrogen-bond acceptors (Lipinski definition) is 3. The molecule has 150 valence electrons. The average molecular weight is 407 g/mol. The summed E-state index contributed by atoms with van der Waals surface area (Å²) < 4.78 is 14.7. The van der Waals surface area contributed by atoms with Gasteiger partial charge in [-0.2, -0.15) is 6.66 Å². The van der Waals surface area contributed by atoms with Gasteiger partial charge in [0.2, 0.25) is 11.0 Å². The summed E-state index contributed by atoms with van der Waals surface area (Å²) >= 11 is 0. The fourth-order valence-corrected chi connectivity index (χ4v) is 15.1. The van der Waals surface area contributed by atoms with E-state index in [4.69, 9.17) is 22.2 Å². The SMILES string of the molecule is [CH2-][P+](c1ccco1)(c1ccco1)N(CCCC)[P+]1([CH2-])[C@H](CC)CC[C@H]1CC. The second kappa shape index (κ2) is 8.81. The lowest BCUT2D eigenvalue weighted by Crippen LogP contribution is -2.38. The fraction of sp³-hybridized carbons (Fsp3) is 0.545. The minimum atomic E-state index is -2.20. The molecule has 3 heterocycles. The molecule has 2 atom stereocenters. The molecule has 0 spiro atoms. The van der Waals surface area contributed by atoms with Crippen LogP contribution in [-0.4, -0.2) is 22.3 Å². The lowest BCUT2D eigenvalue weighted by atomic mass is 10.1. The summed E-state index contributed by atoms with van der Waals surface area (Å²) in [6.07, 6.45) is 10.9. The van der Waals surface area contributed by atoms with Gasteiger partial charge in [-0.1, -0.05) is 27.2 Å². The first-order chi connectivity index (χ1) is 13.0. The van der Waals surface area contributed by atoms with Crippen molar-refractivity contribution >= 4 is 25.8 Å². The number of hydrogen-bond donors (Lipinski definition) is 0. The summed E-state index contributed by atoms with van der Waals surface area (Å²) in [5, 5.41) is 0. The first-order valence-electron chi connectivity index (χ1n) is 10.4. The number of furan rings is 2. The molecule has 0 unspecified atom stereocenters. The van der Waals surface area contributed by atoms with E-state index in [-0.39, 0.29) is 0 Å². The van der Waals surface area contributed by atoms with Crippen LogP contribution in [0.25, 0.3) is 0 Å². The summed E-state index contributed by atoms with van der Waals surface area (Å²) in [7, 11) is -3.83. The van der Waals surface area contributed by atoms with Crippen LogP contribution < -0.4 is 11.0 Å². The molecule has 0 aromatic carbocycles. The topological polar surface area (TPSA) is 29.5 Å². The van der Waals surface area contributed by atoms with Gasteiger partial charge < -0.3 is 8.83 Å².